The summed E-state index contributed by atoms with van der Waals surface area (Å²) >= 11 is 1.21. The largest absolute Gasteiger partial charge is 0.330 e. The predicted octanol–water partition coefficient (Wildman–Crippen LogP) is 2.17. The van der Waals surface area contributed by atoms with Gasteiger partial charge in [0.25, 0.3) is 6.43 Å². The van der Waals surface area contributed by atoms with Crippen molar-refractivity contribution in [1.29, 1.82) is 0 Å². The highest BCUT2D eigenvalue weighted by atomic mass is 32.2. The van der Waals surface area contributed by atoms with E-state index in [9.17, 15) is 18.0 Å². The number of nitrogens with two attached hydrogens (primary N) is 1. The van der Waals surface area contributed by atoms with E-state index in [0.717, 1.165) is 12.1 Å². The molecule has 0 aliphatic heterocycles. The van der Waals surface area contributed by atoms with E-state index >= 15 is 0 Å². The van der Waals surface area contributed by atoms with Gasteiger partial charge >= 0.3 is 6.47 Å². The second kappa shape index (κ2) is 9.20. The van der Waals surface area contributed by atoms with Crippen molar-refractivity contribution in [3.8, 4) is 0 Å². The molecule has 1 aromatic carbocycles. The molecule has 1 heterocycles. The van der Waals surface area contributed by atoms with Gasteiger partial charge in [-0.25, -0.2) is 17.8 Å². The monoisotopic (exact) mass is 389 g/mol. The molecule has 0 fully saturated rings. The number of anilines is 1. The van der Waals surface area contributed by atoms with Crippen LogP contribution in [0.4, 0.5) is 18.9 Å². The number of rotatable bonds is 8. The number of oxime groups is 1. The van der Waals surface area contributed by atoms with Gasteiger partial charge in [0.05, 0.1) is 5.56 Å². The van der Waals surface area contributed by atoms with Crippen molar-refractivity contribution in [2.45, 2.75) is 11.5 Å². The van der Waals surface area contributed by atoms with Crippen LogP contribution in [0.25, 0.3) is 0 Å². The maximum atomic E-state index is 13.5. The van der Waals surface area contributed by atoms with Crippen molar-refractivity contribution >= 4 is 29.8 Å². The molecule has 0 saturated heterocycles. The Morgan fingerprint density at radius 2 is 2.27 bits per heavy atom. The van der Waals surface area contributed by atoms with Crippen molar-refractivity contribution in [1.82, 2.24) is 10.3 Å². The first kappa shape index (κ1) is 19.7. The van der Waals surface area contributed by atoms with Crippen molar-refractivity contribution in [3.05, 3.63) is 35.3 Å². The average Bonchev–Trinajstić information content (AvgIpc) is 3.08. The van der Waals surface area contributed by atoms with Crippen molar-refractivity contribution in [2.75, 3.05) is 24.2 Å². The summed E-state index contributed by atoms with van der Waals surface area (Å²) in [5.41, 5.74) is 4.93. The smallest absolute Gasteiger partial charge is 0.323 e. The van der Waals surface area contributed by atoms with Crippen LogP contribution in [0.15, 0.2) is 33.0 Å². The lowest BCUT2D eigenvalue weighted by Gasteiger charge is -2.20. The maximum absolute atomic E-state index is 13.5. The standard InChI is InChI=1S/C14H14F3N5O3S/c1-22(8-2-3-10(15)9(6-8)12(16)17)13(20-24-7-23)11-14(21-25-19-11)26-5-4-18/h2-3,6-7,12H,4-5,18H2,1H3/b20-13-. The van der Waals surface area contributed by atoms with E-state index in [1.807, 2.05) is 0 Å². The highest BCUT2D eigenvalue weighted by Crippen LogP contribution is 2.28. The molecule has 0 bridgehead atoms. The molecule has 140 valence electrons. The van der Waals surface area contributed by atoms with Crippen LogP contribution in [0.1, 0.15) is 17.7 Å². The van der Waals surface area contributed by atoms with Gasteiger partial charge in [-0.2, -0.15) is 0 Å². The van der Waals surface area contributed by atoms with Crippen LogP contribution in [-0.2, 0) is 9.63 Å². The first-order chi connectivity index (χ1) is 12.5. The Balaban J connectivity index is 2.43. The summed E-state index contributed by atoms with van der Waals surface area (Å²) < 4.78 is 44.1. The molecule has 0 unspecified atom stereocenters. The van der Waals surface area contributed by atoms with Crippen LogP contribution in [0.2, 0.25) is 0 Å². The van der Waals surface area contributed by atoms with Crippen molar-refractivity contribution in [3.63, 3.8) is 0 Å². The topological polar surface area (TPSA) is 107 Å². The molecule has 2 N–H and O–H groups in total. The molecule has 2 rings (SSSR count). The fraction of sp³-hybridized carbons (Fsp3) is 0.286. The van der Waals surface area contributed by atoms with E-state index < -0.39 is 17.8 Å². The van der Waals surface area contributed by atoms with Gasteiger partial charge in [0.15, 0.2) is 10.7 Å². The lowest BCUT2D eigenvalue weighted by molar-refractivity contribution is -0.128. The molecule has 0 radical (unpaired) electrons. The van der Waals surface area contributed by atoms with Crippen LogP contribution >= 0.6 is 11.8 Å². The summed E-state index contributed by atoms with van der Waals surface area (Å²) in [5.74, 6) is -0.592. The lowest BCUT2D eigenvalue weighted by Crippen LogP contribution is -2.29. The molecule has 0 saturated carbocycles. The van der Waals surface area contributed by atoms with Crippen LogP contribution in [-0.4, -0.2) is 42.0 Å². The van der Waals surface area contributed by atoms with E-state index in [1.165, 1.54) is 29.8 Å². The molecule has 0 aliphatic rings. The van der Waals surface area contributed by atoms with Gasteiger partial charge in [0.1, 0.15) is 5.82 Å². The number of carbonyl (C=O) groups excluding carboxylic acids is 1. The minimum atomic E-state index is -3.00. The van der Waals surface area contributed by atoms with Crippen molar-refractivity contribution in [2.24, 2.45) is 10.9 Å². The SMILES string of the molecule is CN(/C(=N\OC=O)c1nonc1SCCN)c1ccc(F)c(C(F)F)c1. The summed E-state index contributed by atoms with van der Waals surface area (Å²) in [5, 5.41) is 11.3. The fourth-order valence-electron chi connectivity index (χ4n) is 1.93. The van der Waals surface area contributed by atoms with Gasteiger partial charge in [-0.1, -0.05) is 16.9 Å². The highest BCUT2D eigenvalue weighted by molar-refractivity contribution is 7.99. The normalized spacial score (nSPS) is 11.7. The number of thioether (sulfide) groups is 1. The van der Waals surface area contributed by atoms with Gasteiger partial charge < -0.3 is 15.5 Å². The molecule has 0 amide bonds. The number of nitrogens with zero attached hydrogens (tertiary/aromatic N) is 4. The second-order valence-corrected chi connectivity index (χ2v) is 5.82. The zero-order valence-electron chi connectivity index (χ0n) is 13.4. The predicted molar refractivity (Wildman–Crippen MR) is 87.5 cm³/mol. The number of alkyl halides is 2. The van der Waals surface area contributed by atoms with Crippen molar-refractivity contribution < 1.29 is 27.4 Å². The zero-order valence-corrected chi connectivity index (χ0v) is 14.3. The Morgan fingerprint density at radius 1 is 1.50 bits per heavy atom. The average molecular weight is 389 g/mol. The second-order valence-electron chi connectivity index (χ2n) is 4.74. The third-order valence-electron chi connectivity index (χ3n) is 3.13. The number of hydrogen-bond acceptors (Lipinski definition) is 8. The Hall–Kier alpha value is -2.60. The molecule has 26 heavy (non-hydrogen) atoms. The highest BCUT2D eigenvalue weighted by Gasteiger charge is 2.24. The number of benzene rings is 1. The third-order valence-corrected chi connectivity index (χ3v) is 4.11. The minimum absolute atomic E-state index is 0.0512. The Bertz CT molecular complexity index is 787. The summed E-state index contributed by atoms with van der Waals surface area (Å²) in [7, 11) is 1.45. The van der Waals surface area contributed by atoms with E-state index in [1.54, 1.807) is 0 Å². The summed E-state index contributed by atoms with van der Waals surface area (Å²) in [4.78, 5) is 16.2. The van der Waals surface area contributed by atoms with Crippen LogP contribution in [0.3, 0.4) is 0 Å². The van der Waals surface area contributed by atoms with Gasteiger partial charge in [0, 0.05) is 25.0 Å². The summed E-state index contributed by atoms with van der Waals surface area (Å²) in [6, 6.07) is 3.12. The Labute approximate surface area is 150 Å². The molecule has 0 spiro atoms. The van der Waals surface area contributed by atoms with Gasteiger partial charge in [-0.15, -0.1) is 0 Å². The maximum Gasteiger partial charge on any atom is 0.323 e. The van der Waals surface area contributed by atoms with Gasteiger partial charge in [-0.3, -0.25) is 4.79 Å². The molecule has 0 atom stereocenters. The molecule has 1 aromatic heterocycles. The molecule has 12 heteroatoms. The lowest BCUT2D eigenvalue weighted by atomic mass is 10.1. The number of halogens is 3. The minimum Gasteiger partial charge on any atom is -0.330 e. The molecule has 2 aromatic rings. The Morgan fingerprint density at radius 3 is 2.92 bits per heavy atom. The van der Waals surface area contributed by atoms with Crippen LogP contribution < -0.4 is 10.6 Å². The fourth-order valence-corrected chi connectivity index (χ4v) is 2.59. The number of amidine groups is 1. The van der Waals surface area contributed by atoms with E-state index in [2.05, 4.69) is 24.9 Å². The first-order valence-corrected chi connectivity index (χ1v) is 8.12. The third kappa shape index (κ3) is 4.52. The van der Waals surface area contributed by atoms with Gasteiger partial charge in [0.2, 0.25) is 5.84 Å². The van der Waals surface area contributed by atoms with E-state index in [-0.39, 0.29) is 23.7 Å². The van der Waals surface area contributed by atoms with E-state index in [4.69, 9.17) is 5.73 Å². The van der Waals surface area contributed by atoms with Gasteiger partial charge in [-0.05, 0) is 28.5 Å². The number of aromatic nitrogens is 2. The number of carbonyl (C=O) groups is 1. The summed E-state index contributed by atoms with van der Waals surface area (Å²) in [6.07, 6.45) is -3.00. The molecular weight excluding hydrogens is 375 g/mol. The molecule has 8 nitrogen and oxygen atoms in total. The number of hydrogen-bond donors (Lipinski definition) is 1. The summed E-state index contributed by atoms with van der Waals surface area (Å²) in [6.45, 7) is 0.434. The van der Waals surface area contributed by atoms with Crippen LogP contribution in [0, 0.1) is 5.82 Å². The van der Waals surface area contributed by atoms with E-state index in [0.29, 0.717) is 17.3 Å². The zero-order chi connectivity index (χ0) is 19.1. The first-order valence-electron chi connectivity index (χ1n) is 7.14. The Kier molecular flexibility index (Phi) is 6.97. The molecule has 0 aliphatic carbocycles. The van der Waals surface area contributed by atoms with Crippen LogP contribution in [0.5, 0.6) is 0 Å². The quantitative estimate of drug-likeness (QED) is 0.183. The molecular formula is C14H14F3N5O3S.